The molecule has 0 aliphatic rings. The molecule has 0 fully saturated rings. The molecule has 2 atom stereocenters. The van der Waals surface area contributed by atoms with Gasteiger partial charge in [-0.2, -0.15) is 0 Å². The number of anilines is 1. The Bertz CT molecular complexity index is 279. The van der Waals surface area contributed by atoms with Crippen LogP contribution in [-0.4, -0.2) is 22.7 Å². The summed E-state index contributed by atoms with van der Waals surface area (Å²) in [5.74, 6) is 0.250. The van der Waals surface area contributed by atoms with Crippen molar-refractivity contribution in [2.45, 2.75) is 33.7 Å². The first-order chi connectivity index (χ1) is 6.54. The van der Waals surface area contributed by atoms with Crippen LogP contribution in [0.1, 0.15) is 24.4 Å². The molecular weight excluding hydrogens is 196 g/mol. The molecule has 0 bridgehead atoms. The third-order valence-corrected chi connectivity index (χ3v) is 3.53. The summed E-state index contributed by atoms with van der Waals surface area (Å²) in [6.45, 7) is 8.37. The van der Waals surface area contributed by atoms with Crippen LogP contribution in [0.25, 0.3) is 0 Å². The molecule has 1 rings (SSSR count). The zero-order valence-electron chi connectivity index (χ0n) is 9.16. The van der Waals surface area contributed by atoms with Gasteiger partial charge in [-0.15, -0.1) is 11.3 Å². The highest BCUT2D eigenvalue weighted by Gasteiger charge is 2.12. The van der Waals surface area contributed by atoms with Gasteiger partial charge in [0.25, 0.3) is 0 Å². The van der Waals surface area contributed by atoms with E-state index in [1.54, 1.807) is 11.3 Å². The highest BCUT2D eigenvalue weighted by atomic mass is 32.1. The normalized spacial score (nSPS) is 15.2. The van der Waals surface area contributed by atoms with Crippen molar-refractivity contribution < 1.29 is 5.11 Å². The van der Waals surface area contributed by atoms with Crippen molar-refractivity contribution in [3.63, 3.8) is 0 Å². The van der Waals surface area contributed by atoms with Crippen LogP contribution in [-0.2, 0) is 0 Å². The summed E-state index contributed by atoms with van der Waals surface area (Å²) in [6, 6.07) is 0.255. The number of aromatic nitrogens is 1. The van der Waals surface area contributed by atoms with E-state index >= 15 is 0 Å². The second-order valence-corrected chi connectivity index (χ2v) is 4.96. The Morgan fingerprint density at radius 2 is 2.07 bits per heavy atom. The van der Waals surface area contributed by atoms with Gasteiger partial charge in [0.15, 0.2) is 5.13 Å². The van der Waals surface area contributed by atoms with Gasteiger partial charge in [-0.05, 0) is 26.7 Å². The van der Waals surface area contributed by atoms with Gasteiger partial charge in [-0.25, -0.2) is 4.98 Å². The molecular formula is C10H18N2OS. The smallest absolute Gasteiger partial charge is 0.183 e. The highest BCUT2D eigenvalue weighted by Crippen LogP contribution is 2.22. The number of aryl methyl sites for hydroxylation is 2. The van der Waals surface area contributed by atoms with Crippen LogP contribution in [0, 0.1) is 19.8 Å². The average Bonchev–Trinajstić information content (AvgIpc) is 2.44. The molecule has 0 spiro atoms. The molecule has 80 valence electrons. The lowest BCUT2D eigenvalue weighted by Crippen LogP contribution is -2.26. The maximum atomic E-state index is 8.99. The van der Waals surface area contributed by atoms with E-state index in [1.807, 2.05) is 13.8 Å². The lowest BCUT2D eigenvalue weighted by Gasteiger charge is -2.18. The standard InChI is InChI=1S/C10H18N2OS/c1-6(5-13)7(2)11-10-12-8(3)9(4)14-10/h6-7,13H,5H2,1-4H3,(H,11,12). The molecule has 1 aromatic rings. The van der Waals surface area contributed by atoms with Crippen molar-refractivity contribution in [1.82, 2.24) is 4.98 Å². The molecule has 3 nitrogen and oxygen atoms in total. The lowest BCUT2D eigenvalue weighted by molar-refractivity contribution is 0.226. The molecule has 0 aliphatic heterocycles. The molecule has 14 heavy (non-hydrogen) atoms. The summed E-state index contributed by atoms with van der Waals surface area (Å²) in [5, 5.41) is 13.2. The van der Waals surface area contributed by atoms with Gasteiger partial charge in [-0.1, -0.05) is 6.92 Å². The summed E-state index contributed by atoms with van der Waals surface area (Å²) in [4.78, 5) is 5.64. The maximum absolute atomic E-state index is 8.99. The fourth-order valence-corrected chi connectivity index (χ4v) is 1.94. The summed E-state index contributed by atoms with van der Waals surface area (Å²) in [5.41, 5.74) is 1.08. The van der Waals surface area contributed by atoms with Gasteiger partial charge >= 0.3 is 0 Å². The summed E-state index contributed by atoms with van der Waals surface area (Å²) >= 11 is 1.67. The zero-order valence-corrected chi connectivity index (χ0v) is 9.98. The highest BCUT2D eigenvalue weighted by molar-refractivity contribution is 7.15. The Balaban J connectivity index is 2.60. The molecule has 0 amide bonds. The first-order valence-corrected chi connectivity index (χ1v) is 5.67. The zero-order chi connectivity index (χ0) is 10.7. The Labute approximate surface area is 89.2 Å². The third-order valence-electron chi connectivity index (χ3n) is 2.52. The van der Waals surface area contributed by atoms with Crippen molar-refractivity contribution in [1.29, 1.82) is 0 Å². The van der Waals surface area contributed by atoms with E-state index in [2.05, 4.69) is 24.1 Å². The van der Waals surface area contributed by atoms with Crippen molar-refractivity contribution in [3.05, 3.63) is 10.6 Å². The van der Waals surface area contributed by atoms with Crippen LogP contribution in [0.4, 0.5) is 5.13 Å². The first-order valence-electron chi connectivity index (χ1n) is 4.86. The number of nitrogens with one attached hydrogen (secondary N) is 1. The fraction of sp³-hybridized carbons (Fsp3) is 0.700. The molecule has 4 heteroatoms. The number of aliphatic hydroxyl groups excluding tert-OH is 1. The first kappa shape index (κ1) is 11.5. The second kappa shape index (κ2) is 4.75. The van der Waals surface area contributed by atoms with E-state index in [0.717, 1.165) is 10.8 Å². The molecule has 0 aliphatic carbocycles. The quantitative estimate of drug-likeness (QED) is 0.807. The van der Waals surface area contributed by atoms with Crippen molar-refractivity contribution in [2.75, 3.05) is 11.9 Å². The van der Waals surface area contributed by atoms with Crippen molar-refractivity contribution in [2.24, 2.45) is 5.92 Å². The molecule has 2 unspecified atom stereocenters. The largest absolute Gasteiger partial charge is 0.396 e. The molecule has 0 saturated heterocycles. The van der Waals surface area contributed by atoms with Gasteiger partial charge in [-0.3, -0.25) is 0 Å². The summed E-state index contributed by atoms with van der Waals surface area (Å²) in [7, 11) is 0. The van der Waals surface area contributed by atoms with Crippen LogP contribution in [0.3, 0.4) is 0 Å². The number of nitrogens with zero attached hydrogens (tertiary/aromatic N) is 1. The summed E-state index contributed by atoms with van der Waals surface area (Å²) < 4.78 is 0. The van der Waals surface area contributed by atoms with Gasteiger partial charge in [0.1, 0.15) is 0 Å². The number of hydrogen-bond donors (Lipinski definition) is 2. The van der Waals surface area contributed by atoms with Crippen LogP contribution in [0.2, 0.25) is 0 Å². The van der Waals surface area contributed by atoms with Gasteiger partial charge in [0, 0.05) is 17.5 Å². The predicted octanol–water partition coefficient (Wildman–Crippen LogP) is 2.19. The number of rotatable bonds is 4. The maximum Gasteiger partial charge on any atom is 0.183 e. The molecule has 2 N–H and O–H groups in total. The molecule has 0 radical (unpaired) electrons. The number of hydrogen-bond acceptors (Lipinski definition) is 4. The topological polar surface area (TPSA) is 45.2 Å². The minimum absolute atomic E-state index is 0.206. The van der Waals surface area contributed by atoms with E-state index in [1.165, 1.54) is 4.88 Å². The number of aliphatic hydroxyl groups is 1. The molecule has 1 aromatic heterocycles. The van der Waals surface area contributed by atoms with Crippen LogP contribution in [0.15, 0.2) is 0 Å². The van der Waals surface area contributed by atoms with Crippen LogP contribution in [0.5, 0.6) is 0 Å². The molecule has 1 heterocycles. The Kier molecular flexibility index (Phi) is 3.89. The van der Waals surface area contributed by atoms with E-state index < -0.39 is 0 Å². The average molecular weight is 214 g/mol. The van der Waals surface area contributed by atoms with Crippen molar-refractivity contribution in [3.8, 4) is 0 Å². The van der Waals surface area contributed by atoms with Gasteiger partial charge in [0.05, 0.1) is 5.69 Å². The van der Waals surface area contributed by atoms with Crippen LogP contribution >= 0.6 is 11.3 Å². The predicted molar refractivity (Wildman–Crippen MR) is 60.9 cm³/mol. The molecule has 0 aromatic carbocycles. The van der Waals surface area contributed by atoms with E-state index in [9.17, 15) is 0 Å². The number of thiazole rings is 1. The van der Waals surface area contributed by atoms with Crippen molar-refractivity contribution >= 4 is 16.5 Å². The second-order valence-electron chi connectivity index (χ2n) is 3.75. The van der Waals surface area contributed by atoms with E-state index in [4.69, 9.17) is 5.11 Å². The SMILES string of the molecule is Cc1nc(NC(C)C(C)CO)sc1C. The van der Waals surface area contributed by atoms with Gasteiger partial charge < -0.3 is 10.4 Å². The Morgan fingerprint density at radius 3 is 2.50 bits per heavy atom. The Hall–Kier alpha value is -0.610. The third kappa shape index (κ3) is 2.69. The minimum Gasteiger partial charge on any atom is -0.396 e. The van der Waals surface area contributed by atoms with E-state index in [-0.39, 0.29) is 18.6 Å². The fourth-order valence-electron chi connectivity index (χ4n) is 1.03. The monoisotopic (exact) mass is 214 g/mol. The van der Waals surface area contributed by atoms with Crippen LogP contribution < -0.4 is 5.32 Å². The molecule has 0 saturated carbocycles. The van der Waals surface area contributed by atoms with E-state index in [0.29, 0.717) is 0 Å². The lowest BCUT2D eigenvalue weighted by atomic mass is 10.1. The minimum atomic E-state index is 0.206. The Morgan fingerprint density at radius 1 is 1.43 bits per heavy atom. The summed E-state index contributed by atoms with van der Waals surface area (Å²) in [6.07, 6.45) is 0. The van der Waals surface area contributed by atoms with Gasteiger partial charge in [0.2, 0.25) is 0 Å².